The second-order valence-electron chi connectivity index (χ2n) is 7.94. The van der Waals surface area contributed by atoms with E-state index in [2.05, 4.69) is 44.7 Å². The van der Waals surface area contributed by atoms with Gasteiger partial charge in [-0.05, 0) is 30.0 Å². The van der Waals surface area contributed by atoms with Crippen LogP contribution in [0, 0.1) is 5.92 Å². The molecule has 10 nitrogen and oxygen atoms in total. The highest BCUT2D eigenvalue weighted by Crippen LogP contribution is 2.28. The fourth-order valence-corrected chi connectivity index (χ4v) is 3.36. The summed E-state index contributed by atoms with van der Waals surface area (Å²) < 4.78 is 5.34. The van der Waals surface area contributed by atoms with E-state index in [9.17, 15) is 14.4 Å². The summed E-state index contributed by atoms with van der Waals surface area (Å²) in [5, 5.41) is 8.42. The van der Waals surface area contributed by atoms with Crippen molar-refractivity contribution in [3.63, 3.8) is 0 Å². The van der Waals surface area contributed by atoms with E-state index in [0.717, 1.165) is 12.0 Å². The number of rotatable bonds is 7. The van der Waals surface area contributed by atoms with Crippen molar-refractivity contribution in [2.24, 2.45) is 5.92 Å². The van der Waals surface area contributed by atoms with Crippen LogP contribution in [0.5, 0.6) is 5.75 Å². The molecule has 0 radical (unpaired) electrons. The first kappa shape index (κ1) is 21.3. The average molecular weight is 436 g/mol. The van der Waals surface area contributed by atoms with E-state index in [0.29, 0.717) is 40.5 Å². The summed E-state index contributed by atoms with van der Waals surface area (Å²) in [5.41, 5.74) is 2.64. The third-order valence-corrected chi connectivity index (χ3v) is 5.06. The number of aromatic amines is 1. The van der Waals surface area contributed by atoms with Crippen LogP contribution in [0.2, 0.25) is 0 Å². The molecule has 0 atom stereocenters. The van der Waals surface area contributed by atoms with Crippen LogP contribution >= 0.6 is 0 Å². The zero-order chi connectivity index (χ0) is 22.7. The second-order valence-corrected chi connectivity index (χ2v) is 7.94. The maximum absolute atomic E-state index is 12.8. The highest BCUT2D eigenvalue weighted by atomic mass is 16.5. The van der Waals surface area contributed by atoms with Crippen molar-refractivity contribution in [3.05, 3.63) is 47.5 Å². The van der Waals surface area contributed by atoms with Gasteiger partial charge in [0.25, 0.3) is 17.7 Å². The highest BCUT2D eigenvalue weighted by molar-refractivity contribution is 6.10. The summed E-state index contributed by atoms with van der Waals surface area (Å²) in [6.07, 6.45) is 3.67. The molecule has 0 spiro atoms. The van der Waals surface area contributed by atoms with E-state index in [1.54, 1.807) is 18.2 Å². The molecule has 32 heavy (non-hydrogen) atoms. The van der Waals surface area contributed by atoms with Gasteiger partial charge in [0, 0.05) is 19.3 Å². The molecule has 1 aromatic carbocycles. The molecule has 3 heterocycles. The molecule has 0 bridgehead atoms. The van der Waals surface area contributed by atoms with Gasteiger partial charge in [0.15, 0.2) is 12.3 Å². The summed E-state index contributed by atoms with van der Waals surface area (Å²) in [4.78, 5) is 48.0. The third-order valence-electron chi connectivity index (χ3n) is 5.06. The Morgan fingerprint density at radius 3 is 2.84 bits per heavy atom. The van der Waals surface area contributed by atoms with Gasteiger partial charge >= 0.3 is 0 Å². The number of amides is 3. The van der Waals surface area contributed by atoms with Crippen molar-refractivity contribution in [1.29, 1.82) is 0 Å². The van der Waals surface area contributed by atoms with Gasteiger partial charge in [0.2, 0.25) is 0 Å². The number of hydrogen-bond donors (Lipinski definition) is 4. The zero-order valence-corrected chi connectivity index (χ0v) is 17.8. The van der Waals surface area contributed by atoms with Crippen molar-refractivity contribution >= 4 is 34.4 Å². The molecular weight excluding hydrogens is 412 g/mol. The summed E-state index contributed by atoms with van der Waals surface area (Å²) in [6, 6.07) is 5.30. The fraction of sp³-hybridized carbons (Fsp3) is 0.318. The lowest BCUT2D eigenvalue weighted by Crippen LogP contribution is -2.26. The van der Waals surface area contributed by atoms with Crippen molar-refractivity contribution < 1.29 is 19.1 Å². The Morgan fingerprint density at radius 2 is 2.03 bits per heavy atom. The maximum Gasteiger partial charge on any atom is 0.272 e. The zero-order valence-electron chi connectivity index (χ0n) is 17.8. The number of H-pyrrole nitrogens is 1. The van der Waals surface area contributed by atoms with Gasteiger partial charge in [-0.2, -0.15) is 0 Å². The van der Waals surface area contributed by atoms with Crippen molar-refractivity contribution in [2.45, 2.75) is 26.8 Å². The minimum Gasteiger partial charge on any atom is -0.482 e. The number of nitrogens with one attached hydrogen (secondary N) is 4. The minimum absolute atomic E-state index is 0.0132. The lowest BCUT2D eigenvalue weighted by Gasteiger charge is -2.18. The number of fused-ring (bicyclic) bond motifs is 2. The van der Waals surface area contributed by atoms with Crippen molar-refractivity contribution in [2.75, 3.05) is 18.5 Å². The summed E-state index contributed by atoms with van der Waals surface area (Å²) >= 11 is 0. The predicted octanol–water partition coefficient (Wildman–Crippen LogP) is 1.99. The number of ether oxygens (including phenoxy) is 1. The molecule has 0 aliphatic carbocycles. The Morgan fingerprint density at radius 1 is 1.19 bits per heavy atom. The second kappa shape index (κ2) is 9.04. The van der Waals surface area contributed by atoms with Crippen LogP contribution < -0.4 is 20.7 Å². The molecule has 1 aliphatic heterocycles. The molecular formula is C22H24N6O4. The number of carbonyl (C=O) groups excluding carboxylic acids is 3. The number of anilines is 1. The van der Waals surface area contributed by atoms with Crippen LogP contribution in [-0.2, 0) is 11.3 Å². The van der Waals surface area contributed by atoms with Gasteiger partial charge in [0.1, 0.15) is 17.6 Å². The lowest BCUT2D eigenvalue weighted by atomic mass is 10.1. The normalized spacial score (nSPS) is 12.8. The first-order chi connectivity index (χ1) is 15.4. The molecule has 0 saturated heterocycles. The number of hydrogen-bond acceptors (Lipinski definition) is 6. The van der Waals surface area contributed by atoms with Crippen LogP contribution in [0.3, 0.4) is 0 Å². The third kappa shape index (κ3) is 4.53. The van der Waals surface area contributed by atoms with Crippen molar-refractivity contribution in [3.8, 4) is 5.75 Å². The lowest BCUT2D eigenvalue weighted by molar-refractivity contribution is -0.118. The topological polar surface area (TPSA) is 138 Å². The number of benzene rings is 1. The van der Waals surface area contributed by atoms with Crippen LogP contribution in [0.25, 0.3) is 11.0 Å². The van der Waals surface area contributed by atoms with Crippen LogP contribution in [0.4, 0.5) is 5.69 Å². The van der Waals surface area contributed by atoms with Gasteiger partial charge in [0.05, 0.1) is 16.8 Å². The Hall–Kier alpha value is -3.95. The van der Waals surface area contributed by atoms with Gasteiger partial charge < -0.3 is 25.7 Å². The van der Waals surface area contributed by atoms with Gasteiger partial charge in [-0.3, -0.25) is 14.4 Å². The summed E-state index contributed by atoms with van der Waals surface area (Å²) in [5.74, 6) is 0.180. The number of aromatic nitrogens is 3. The van der Waals surface area contributed by atoms with Gasteiger partial charge in [-0.1, -0.05) is 19.9 Å². The van der Waals surface area contributed by atoms with E-state index in [1.807, 2.05) is 0 Å². The largest absolute Gasteiger partial charge is 0.482 e. The predicted molar refractivity (Wildman–Crippen MR) is 117 cm³/mol. The highest BCUT2D eigenvalue weighted by Gasteiger charge is 2.20. The monoisotopic (exact) mass is 436 g/mol. The van der Waals surface area contributed by atoms with Crippen LogP contribution in [-0.4, -0.2) is 45.8 Å². The van der Waals surface area contributed by atoms with E-state index < -0.39 is 5.91 Å². The SMILES string of the molecule is CC(C)CCNC(=O)c1c[nH]c2c(C(=O)NCc3ccc4c(c3)NC(=O)CO4)ncnc12. The molecule has 0 fully saturated rings. The Labute approximate surface area is 184 Å². The molecule has 3 amide bonds. The molecule has 0 unspecified atom stereocenters. The van der Waals surface area contributed by atoms with Gasteiger partial charge in [-0.15, -0.1) is 0 Å². The number of carbonyl (C=O) groups is 3. The van der Waals surface area contributed by atoms with Gasteiger partial charge in [-0.25, -0.2) is 9.97 Å². The quantitative estimate of drug-likeness (QED) is 0.447. The molecule has 4 N–H and O–H groups in total. The summed E-state index contributed by atoms with van der Waals surface area (Å²) in [6.45, 7) is 4.94. The molecule has 2 aromatic heterocycles. The van der Waals surface area contributed by atoms with Crippen molar-refractivity contribution in [1.82, 2.24) is 25.6 Å². The molecule has 10 heteroatoms. The van der Waals surface area contributed by atoms with Crippen LogP contribution in [0.1, 0.15) is 46.7 Å². The molecule has 3 aromatic rings. The van der Waals surface area contributed by atoms with E-state index in [-0.39, 0.29) is 30.7 Å². The average Bonchev–Trinajstić information content (AvgIpc) is 3.21. The Bertz CT molecular complexity index is 1190. The smallest absolute Gasteiger partial charge is 0.272 e. The standard InChI is InChI=1S/C22H24N6O4/c1-12(2)5-6-23-21(30)14-9-24-19-18(14)26-11-27-20(19)22(31)25-8-13-3-4-16-15(7-13)28-17(29)10-32-16/h3-4,7,9,11-12,24H,5-6,8,10H2,1-2H3,(H,23,30)(H,25,31)(H,28,29). The van der Waals surface area contributed by atoms with E-state index in [1.165, 1.54) is 12.5 Å². The Balaban J connectivity index is 1.46. The molecule has 0 saturated carbocycles. The minimum atomic E-state index is -0.413. The van der Waals surface area contributed by atoms with E-state index >= 15 is 0 Å². The van der Waals surface area contributed by atoms with Crippen LogP contribution in [0.15, 0.2) is 30.7 Å². The Kier molecular flexibility index (Phi) is 6.02. The summed E-state index contributed by atoms with van der Waals surface area (Å²) in [7, 11) is 0. The molecule has 4 rings (SSSR count). The first-order valence-corrected chi connectivity index (χ1v) is 10.4. The molecule has 166 valence electrons. The first-order valence-electron chi connectivity index (χ1n) is 10.4. The maximum atomic E-state index is 12.8. The number of nitrogens with zero attached hydrogens (tertiary/aromatic N) is 2. The fourth-order valence-electron chi connectivity index (χ4n) is 3.36. The van der Waals surface area contributed by atoms with E-state index in [4.69, 9.17) is 4.74 Å². The molecule has 1 aliphatic rings.